The van der Waals surface area contributed by atoms with Crippen molar-refractivity contribution >= 4 is 76.1 Å². The molecule has 0 radical (unpaired) electrons. The summed E-state index contributed by atoms with van der Waals surface area (Å²) in [5, 5.41) is 9.42. The third-order valence-electron chi connectivity index (χ3n) is 6.96. The number of benzene rings is 5. The van der Waals surface area contributed by atoms with E-state index >= 15 is 0 Å². The lowest BCUT2D eigenvalue weighted by Crippen LogP contribution is -2.28. The van der Waals surface area contributed by atoms with Gasteiger partial charge in [0.25, 0.3) is 0 Å². The van der Waals surface area contributed by atoms with Gasteiger partial charge in [-0.25, -0.2) is 9.97 Å². The number of nitrogens with zero attached hydrogens (tertiary/aromatic N) is 4. The van der Waals surface area contributed by atoms with Gasteiger partial charge in [-0.15, -0.1) is 0 Å². The third-order valence-corrected chi connectivity index (χ3v) is 7.95. The molecule has 0 bridgehead atoms. The van der Waals surface area contributed by atoms with Crippen molar-refractivity contribution < 1.29 is 0 Å². The predicted molar refractivity (Wildman–Crippen MR) is 160 cm³/mol. The van der Waals surface area contributed by atoms with Gasteiger partial charge in [-0.1, -0.05) is 92.5 Å². The van der Waals surface area contributed by atoms with Crippen LogP contribution in [0.3, 0.4) is 0 Å². The fourth-order valence-electron chi connectivity index (χ4n) is 5.44. The molecule has 1 atom stereocenters. The number of hydrogen-bond acceptors (Lipinski definition) is 4. The average molecular weight is 608 g/mol. The summed E-state index contributed by atoms with van der Waals surface area (Å²) in [6.07, 6.45) is 0. The Balaban J connectivity index is 1.67. The van der Waals surface area contributed by atoms with Crippen LogP contribution in [0.5, 0.6) is 0 Å². The molecule has 0 saturated carbocycles. The molecule has 178 valence electrons. The van der Waals surface area contributed by atoms with E-state index in [4.69, 9.17) is 15.1 Å². The van der Waals surface area contributed by atoms with Gasteiger partial charge in [0.1, 0.15) is 0 Å². The van der Waals surface area contributed by atoms with Crippen LogP contribution in [-0.4, -0.2) is 22.7 Å². The highest BCUT2D eigenvalue weighted by atomic mass is 79.9. The van der Waals surface area contributed by atoms with Crippen molar-refractivity contribution in [1.82, 2.24) is 9.97 Å². The number of rotatable bonds is 2. The van der Waals surface area contributed by atoms with Gasteiger partial charge in [-0.05, 0) is 47.5 Å². The maximum absolute atomic E-state index is 5.25. The SMILES string of the molecule is CN1N=C(c2cccc(Br)c2)C(c2cccc(Br)c2)c2c1c1ccccc1c1nc3ccccc3nc21. The molecule has 1 aromatic heterocycles. The zero-order valence-corrected chi connectivity index (χ0v) is 23.0. The van der Waals surface area contributed by atoms with E-state index in [1.807, 2.05) is 42.4 Å². The molecule has 1 aliphatic rings. The number of hydrazone groups is 1. The second kappa shape index (κ2) is 8.75. The van der Waals surface area contributed by atoms with E-state index in [1.165, 1.54) is 0 Å². The molecule has 37 heavy (non-hydrogen) atoms. The van der Waals surface area contributed by atoms with E-state index in [0.717, 1.165) is 69.9 Å². The topological polar surface area (TPSA) is 41.4 Å². The van der Waals surface area contributed by atoms with Gasteiger partial charge in [-0.3, -0.25) is 5.01 Å². The minimum atomic E-state index is -0.138. The van der Waals surface area contributed by atoms with Crippen molar-refractivity contribution in [3.63, 3.8) is 0 Å². The van der Waals surface area contributed by atoms with E-state index in [1.54, 1.807) is 0 Å². The molecule has 5 aromatic carbocycles. The molecule has 4 nitrogen and oxygen atoms in total. The Kier molecular flexibility index (Phi) is 5.34. The van der Waals surface area contributed by atoms with Crippen molar-refractivity contribution in [1.29, 1.82) is 0 Å². The summed E-state index contributed by atoms with van der Waals surface area (Å²) in [5.74, 6) is -0.138. The molecule has 0 fully saturated rings. The van der Waals surface area contributed by atoms with E-state index in [-0.39, 0.29) is 5.92 Å². The van der Waals surface area contributed by atoms with Crippen LogP contribution in [0, 0.1) is 0 Å². The van der Waals surface area contributed by atoms with E-state index in [9.17, 15) is 0 Å². The summed E-state index contributed by atoms with van der Waals surface area (Å²) in [4.78, 5) is 10.4. The van der Waals surface area contributed by atoms with Crippen LogP contribution in [0.15, 0.2) is 111 Å². The van der Waals surface area contributed by atoms with E-state index < -0.39 is 0 Å². The summed E-state index contributed by atoms with van der Waals surface area (Å²) < 4.78 is 2.05. The number of fused-ring (bicyclic) bond motifs is 7. The Morgan fingerprint density at radius 2 is 1.32 bits per heavy atom. The molecule has 0 N–H and O–H groups in total. The normalized spacial score (nSPS) is 15.3. The zero-order valence-electron chi connectivity index (χ0n) is 19.9. The van der Waals surface area contributed by atoms with Crippen LogP contribution >= 0.6 is 31.9 Å². The fraction of sp³-hybridized carbons (Fsp3) is 0.0645. The van der Waals surface area contributed by atoms with Crippen molar-refractivity contribution in [2.24, 2.45) is 5.10 Å². The monoisotopic (exact) mass is 606 g/mol. The highest BCUT2D eigenvalue weighted by Gasteiger charge is 2.35. The zero-order chi connectivity index (χ0) is 25.1. The van der Waals surface area contributed by atoms with E-state index in [2.05, 4.69) is 98.6 Å². The van der Waals surface area contributed by atoms with Gasteiger partial charge in [-0.2, -0.15) is 5.10 Å². The first kappa shape index (κ1) is 22.6. The van der Waals surface area contributed by atoms with Crippen LogP contribution in [-0.2, 0) is 0 Å². The molecule has 0 aliphatic carbocycles. The number of aromatic nitrogens is 2. The van der Waals surface area contributed by atoms with Crippen molar-refractivity contribution in [2.75, 3.05) is 12.1 Å². The first-order valence-corrected chi connectivity index (χ1v) is 13.6. The highest BCUT2D eigenvalue weighted by Crippen LogP contribution is 2.47. The summed E-state index contributed by atoms with van der Waals surface area (Å²) in [5.41, 5.74) is 8.97. The Hall–Kier alpha value is -3.61. The highest BCUT2D eigenvalue weighted by molar-refractivity contribution is 9.10. The van der Waals surface area contributed by atoms with Crippen molar-refractivity contribution in [3.8, 4) is 0 Å². The van der Waals surface area contributed by atoms with Gasteiger partial charge < -0.3 is 0 Å². The Labute approximate surface area is 230 Å². The number of hydrogen-bond donors (Lipinski definition) is 0. The Bertz CT molecular complexity index is 1900. The van der Waals surface area contributed by atoms with Crippen LogP contribution in [0.1, 0.15) is 22.6 Å². The minimum Gasteiger partial charge on any atom is -0.267 e. The lowest BCUT2D eigenvalue weighted by atomic mass is 9.80. The second-order valence-electron chi connectivity index (χ2n) is 9.22. The number of halogens is 2. The van der Waals surface area contributed by atoms with Crippen molar-refractivity contribution in [2.45, 2.75) is 5.92 Å². The van der Waals surface area contributed by atoms with Gasteiger partial charge in [0.2, 0.25) is 0 Å². The molecule has 7 rings (SSSR count). The smallest absolute Gasteiger partial charge is 0.0977 e. The summed E-state index contributed by atoms with van der Waals surface area (Å²) in [7, 11) is 2.03. The predicted octanol–water partition coefficient (Wildman–Crippen LogP) is 8.45. The van der Waals surface area contributed by atoms with Crippen LogP contribution in [0.25, 0.3) is 32.8 Å². The van der Waals surface area contributed by atoms with Gasteiger partial charge in [0.05, 0.1) is 39.4 Å². The Morgan fingerprint density at radius 3 is 2.05 bits per heavy atom. The maximum atomic E-state index is 5.25. The quantitative estimate of drug-likeness (QED) is 0.146. The lowest BCUT2D eigenvalue weighted by Gasteiger charge is -2.33. The summed E-state index contributed by atoms with van der Waals surface area (Å²) in [6, 6.07) is 33.4. The average Bonchev–Trinajstić information content (AvgIpc) is 2.92. The van der Waals surface area contributed by atoms with Crippen LogP contribution < -0.4 is 5.01 Å². The molecule has 0 spiro atoms. The molecule has 2 heterocycles. The molecule has 0 amide bonds. The third kappa shape index (κ3) is 3.66. The maximum Gasteiger partial charge on any atom is 0.0977 e. The molecular weight excluding hydrogens is 588 g/mol. The first-order valence-electron chi connectivity index (χ1n) is 12.0. The van der Waals surface area contributed by atoms with Crippen LogP contribution in [0.2, 0.25) is 0 Å². The fourth-order valence-corrected chi connectivity index (χ4v) is 6.26. The first-order chi connectivity index (χ1) is 18.1. The standard InChI is InChI=1S/C31H20Br2N4/c1-37-31-23-13-3-2-12-22(23)29-30(35-25-15-5-4-14-24(25)34-29)27(31)26(18-8-6-10-20(32)16-18)28(36-37)19-9-7-11-21(33)17-19/h2-17,26H,1H3. The molecular formula is C31H20Br2N4. The van der Waals surface area contributed by atoms with Gasteiger partial charge in [0, 0.05) is 32.3 Å². The van der Waals surface area contributed by atoms with Crippen molar-refractivity contribution in [3.05, 3.63) is 123 Å². The van der Waals surface area contributed by atoms with Gasteiger partial charge in [0.15, 0.2) is 0 Å². The largest absolute Gasteiger partial charge is 0.267 e. The molecule has 6 heteroatoms. The molecule has 0 saturated heterocycles. The Morgan fingerprint density at radius 1 is 0.676 bits per heavy atom. The molecule has 1 unspecified atom stereocenters. The summed E-state index contributed by atoms with van der Waals surface area (Å²) in [6.45, 7) is 0. The summed E-state index contributed by atoms with van der Waals surface area (Å²) >= 11 is 7.37. The van der Waals surface area contributed by atoms with Crippen LogP contribution in [0.4, 0.5) is 5.69 Å². The van der Waals surface area contributed by atoms with E-state index in [0.29, 0.717) is 0 Å². The molecule has 6 aromatic rings. The molecule has 1 aliphatic heterocycles. The number of anilines is 1. The minimum absolute atomic E-state index is 0.138. The second-order valence-corrected chi connectivity index (χ2v) is 11.1. The number of para-hydroxylation sites is 2. The lowest BCUT2D eigenvalue weighted by molar-refractivity contribution is 0.927. The van der Waals surface area contributed by atoms with Gasteiger partial charge >= 0.3 is 0 Å².